The highest BCUT2D eigenvalue weighted by molar-refractivity contribution is 8.01. The van der Waals surface area contributed by atoms with Gasteiger partial charge in [-0.1, -0.05) is 27.2 Å². The zero-order chi connectivity index (χ0) is 9.19. The van der Waals surface area contributed by atoms with Crippen LogP contribution in [0.5, 0.6) is 0 Å². The van der Waals surface area contributed by atoms with Gasteiger partial charge in [-0.2, -0.15) is 5.26 Å². The molecule has 0 aliphatic heterocycles. The van der Waals surface area contributed by atoms with Crippen LogP contribution in [0, 0.1) is 17.2 Å². The number of nitrogens with zero attached hydrogens (tertiary/aromatic N) is 1. The highest BCUT2D eigenvalue weighted by Crippen LogP contribution is 2.50. The average Bonchev–Trinajstić information content (AvgIpc) is 1.95. The fourth-order valence-electron chi connectivity index (χ4n) is 1.83. The predicted molar refractivity (Wildman–Crippen MR) is 54.1 cm³/mol. The molecule has 0 spiro atoms. The Bertz CT molecular complexity index is 187. The first kappa shape index (κ1) is 9.92. The van der Waals surface area contributed by atoms with E-state index in [9.17, 15) is 0 Å². The maximum Gasteiger partial charge on any atom is 0.103 e. The van der Waals surface area contributed by atoms with Crippen molar-refractivity contribution in [3.05, 3.63) is 0 Å². The molecule has 0 saturated heterocycles. The Kier molecular flexibility index (Phi) is 3.06. The van der Waals surface area contributed by atoms with Crippen LogP contribution >= 0.6 is 11.8 Å². The van der Waals surface area contributed by atoms with E-state index in [-0.39, 0.29) is 4.75 Å². The third kappa shape index (κ3) is 1.95. The molecule has 1 aliphatic rings. The van der Waals surface area contributed by atoms with E-state index in [1.165, 1.54) is 6.42 Å². The highest BCUT2D eigenvalue weighted by Gasteiger charge is 2.44. The lowest BCUT2D eigenvalue weighted by molar-refractivity contribution is 0.269. The van der Waals surface area contributed by atoms with E-state index in [1.807, 2.05) is 11.8 Å². The van der Waals surface area contributed by atoms with Gasteiger partial charge in [0.05, 0.1) is 6.07 Å². The summed E-state index contributed by atoms with van der Waals surface area (Å²) in [6.07, 6.45) is 3.47. The van der Waals surface area contributed by atoms with Crippen molar-refractivity contribution in [1.82, 2.24) is 0 Å². The largest absolute Gasteiger partial charge is 0.197 e. The number of hydrogen-bond acceptors (Lipinski definition) is 2. The molecular formula is C10H17NS. The minimum atomic E-state index is -0.0190. The van der Waals surface area contributed by atoms with Gasteiger partial charge in [-0.3, -0.25) is 0 Å². The fourth-order valence-corrected chi connectivity index (χ4v) is 3.45. The third-order valence-corrected chi connectivity index (χ3v) is 3.83. The van der Waals surface area contributed by atoms with Gasteiger partial charge in [-0.05, 0) is 18.8 Å². The summed E-state index contributed by atoms with van der Waals surface area (Å²) in [6, 6.07) is 2.47. The molecule has 0 unspecified atom stereocenters. The van der Waals surface area contributed by atoms with Crippen molar-refractivity contribution in [2.45, 2.75) is 50.0 Å². The fraction of sp³-hybridized carbons (Fsp3) is 0.900. The molecule has 1 saturated carbocycles. The van der Waals surface area contributed by atoms with E-state index >= 15 is 0 Å². The topological polar surface area (TPSA) is 23.8 Å². The van der Waals surface area contributed by atoms with Gasteiger partial charge < -0.3 is 0 Å². The van der Waals surface area contributed by atoms with Gasteiger partial charge >= 0.3 is 0 Å². The first-order chi connectivity index (χ1) is 5.62. The highest BCUT2D eigenvalue weighted by atomic mass is 32.2. The summed E-state index contributed by atoms with van der Waals surface area (Å²) in [4.78, 5) is 0. The SMILES string of the molecule is CCC1CC(C#N)(SC(C)C)C1. The lowest BCUT2D eigenvalue weighted by Gasteiger charge is -2.42. The summed E-state index contributed by atoms with van der Waals surface area (Å²) in [5.74, 6) is 0.816. The summed E-state index contributed by atoms with van der Waals surface area (Å²) in [7, 11) is 0. The minimum absolute atomic E-state index is 0.0190. The van der Waals surface area contributed by atoms with E-state index in [2.05, 4.69) is 26.8 Å². The van der Waals surface area contributed by atoms with Crippen molar-refractivity contribution < 1.29 is 0 Å². The van der Waals surface area contributed by atoms with Gasteiger partial charge in [0, 0.05) is 5.25 Å². The van der Waals surface area contributed by atoms with Crippen molar-refractivity contribution in [3.63, 3.8) is 0 Å². The maximum atomic E-state index is 9.03. The molecule has 0 aromatic rings. The Morgan fingerprint density at radius 1 is 1.58 bits per heavy atom. The van der Waals surface area contributed by atoms with Crippen LogP contribution in [0.15, 0.2) is 0 Å². The molecule has 1 aliphatic carbocycles. The average molecular weight is 183 g/mol. The molecule has 1 nitrogen and oxygen atoms in total. The zero-order valence-corrected chi connectivity index (χ0v) is 8.95. The molecule has 0 N–H and O–H groups in total. The maximum absolute atomic E-state index is 9.03. The van der Waals surface area contributed by atoms with Crippen molar-refractivity contribution in [3.8, 4) is 6.07 Å². The Morgan fingerprint density at radius 3 is 2.50 bits per heavy atom. The molecule has 0 amide bonds. The van der Waals surface area contributed by atoms with Crippen molar-refractivity contribution in [1.29, 1.82) is 5.26 Å². The van der Waals surface area contributed by atoms with Crippen LogP contribution in [0.3, 0.4) is 0 Å². The van der Waals surface area contributed by atoms with Gasteiger partial charge in [0.15, 0.2) is 0 Å². The van der Waals surface area contributed by atoms with E-state index in [0.717, 1.165) is 18.8 Å². The third-order valence-electron chi connectivity index (χ3n) is 2.48. The van der Waals surface area contributed by atoms with Crippen molar-refractivity contribution in [2.75, 3.05) is 0 Å². The number of hydrogen-bond donors (Lipinski definition) is 0. The zero-order valence-electron chi connectivity index (χ0n) is 8.13. The standard InChI is InChI=1S/C10H17NS/c1-4-9-5-10(6-9,7-11)12-8(2)3/h8-9H,4-6H2,1-3H3. The quantitative estimate of drug-likeness (QED) is 0.671. The molecule has 0 radical (unpaired) electrons. The van der Waals surface area contributed by atoms with E-state index in [1.54, 1.807) is 0 Å². The monoisotopic (exact) mass is 183 g/mol. The first-order valence-electron chi connectivity index (χ1n) is 4.71. The summed E-state index contributed by atoms with van der Waals surface area (Å²) < 4.78 is -0.0190. The van der Waals surface area contributed by atoms with Gasteiger partial charge in [-0.25, -0.2) is 0 Å². The molecule has 2 heteroatoms. The second kappa shape index (κ2) is 3.70. The Labute approximate surface area is 79.5 Å². The molecule has 0 atom stereocenters. The molecule has 12 heavy (non-hydrogen) atoms. The lowest BCUT2D eigenvalue weighted by Crippen LogP contribution is -2.40. The summed E-state index contributed by atoms with van der Waals surface area (Å²) in [5, 5.41) is 9.61. The number of nitriles is 1. The molecule has 0 bridgehead atoms. The lowest BCUT2D eigenvalue weighted by atomic mass is 9.73. The van der Waals surface area contributed by atoms with Crippen LogP contribution in [-0.4, -0.2) is 10.00 Å². The molecule has 0 heterocycles. The second-order valence-corrected chi connectivity index (χ2v) is 5.92. The van der Waals surface area contributed by atoms with Crippen LogP contribution in [0.25, 0.3) is 0 Å². The van der Waals surface area contributed by atoms with Crippen LogP contribution in [0.4, 0.5) is 0 Å². The van der Waals surface area contributed by atoms with Gasteiger partial charge in [0.2, 0.25) is 0 Å². The Morgan fingerprint density at radius 2 is 2.17 bits per heavy atom. The normalized spacial score (nSPS) is 34.4. The summed E-state index contributed by atoms with van der Waals surface area (Å²) in [5.41, 5.74) is 0. The van der Waals surface area contributed by atoms with E-state index < -0.39 is 0 Å². The van der Waals surface area contributed by atoms with Crippen LogP contribution in [0.1, 0.15) is 40.0 Å². The van der Waals surface area contributed by atoms with Crippen molar-refractivity contribution >= 4 is 11.8 Å². The predicted octanol–water partition coefficient (Wildman–Crippen LogP) is 3.21. The summed E-state index contributed by atoms with van der Waals surface area (Å²) >= 11 is 1.85. The Balaban J connectivity index is 2.43. The molecular weight excluding hydrogens is 166 g/mol. The van der Waals surface area contributed by atoms with E-state index in [4.69, 9.17) is 5.26 Å². The molecule has 0 aromatic heterocycles. The number of rotatable bonds is 3. The molecule has 1 fully saturated rings. The van der Waals surface area contributed by atoms with Crippen molar-refractivity contribution in [2.24, 2.45) is 5.92 Å². The Hall–Kier alpha value is -0.160. The number of thioether (sulfide) groups is 1. The molecule has 0 aromatic carbocycles. The molecule has 1 rings (SSSR count). The van der Waals surface area contributed by atoms with Gasteiger partial charge in [-0.15, -0.1) is 11.8 Å². The van der Waals surface area contributed by atoms with E-state index in [0.29, 0.717) is 5.25 Å². The second-order valence-electron chi connectivity index (χ2n) is 3.96. The molecule has 68 valence electrons. The van der Waals surface area contributed by atoms with Gasteiger partial charge in [0.25, 0.3) is 0 Å². The van der Waals surface area contributed by atoms with Gasteiger partial charge in [0.1, 0.15) is 4.75 Å². The van der Waals surface area contributed by atoms with Crippen LogP contribution in [-0.2, 0) is 0 Å². The minimum Gasteiger partial charge on any atom is -0.197 e. The smallest absolute Gasteiger partial charge is 0.103 e. The summed E-state index contributed by atoms with van der Waals surface area (Å²) in [6.45, 7) is 6.55. The first-order valence-corrected chi connectivity index (χ1v) is 5.59. The van der Waals surface area contributed by atoms with Crippen LogP contribution < -0.4 is 0 Å². The van der Waals surface area contributed by atoms with Crippen LogP contribution in [0.2, 0.25) is 0 Å².